The molecule has 0 radical (unpaired) electrons. The number of hydrogen-bond acceptors (Lipinski definition) is 3. The lowest BCUT2D eigenvalue weighted by molar-refractivity contribution is 1.28. The molecule has 0 fully saturated rings. The van der Waals surface area contributed by atoms with E-state index < -0.39 is 0 Å². The normalized spacial score (nSPS) is 11.6. The number of fused-ring (bicyclic) bond motifs is 10. The molecule has 17 rings (SSSR count). The van der Waals surface area contributed by atoms with Crippen LogP contribution in [0.1, 0.15) is 0 Å². The van der Waals surface area contributed by atoms with Crippen LogP contribution in [0.3, 0.4) is 0 Å². The minimum absolute atomic E-state index is 1.06. The molecule has 2 nitrogen and oxygen atoms in total. The first-order valence-electron chi connectivity index (χ1n) is 30.5. The van der Waals surface area contributed by atoms with Gasteiger partial charge in [0.2, 0.25) is 0 Å². The summed E-state index contributed by atoms with van der Waals surface area (Å²) in [5, 5.41) is 15.1. The SMILES string of the molecule is c1cc(-c2cccc(N(c3cccc(-c4ccc5ccccc5c4)c3)c3ccc4c(ccc5ccccc54)c3)c2)cc(N(c2ccc(-c3ccc(-c4cccc5ccccc45)cc3)cc2)c2ccc(-c3cccc4sc5c6ccccc6ccc5c34)cc2)c1. The number of benzene rings is 16. The molecule has 0 unspecified atom stereocenters. The van der Waals surface area contributed by atoms with E-state index in [1.54, 1.807) is 0 Å². The van der Waals surface area contributed by atoms with Gasteiger partial charge >= 0.3 is 0 Å². The van der Waals surface area contributed by atoms with Crippen molar-refractivity contribution >= 4 is 119 Å². The Bertz CT molecular complexity index is 5560. The molecule has 0 aliphatic rings. The van der Waals surface area contributed by atoms with Gasteiger partial charge in [-0.05, 0) is 194 Å². The molecule has 1 heterocycles. The molecule has 0 N–H and O–H groups in total. The van der Waals surface area contributed by atoms with E-state index in [-0.39, 0.29) is 0 Å². The summed E-state index contributed by atoms with van der Waals surface area (Å²) >= 11 is 1.89. The number of hydrogen-bond donors (Lipinski definition) is 0. The fraction of sp³-hybridized carbons (Fsp3) is 0. The summed E-state index contributed by atoms with van der Waals surface area (Å²) in [6, 6.07) is 125. The molecule has 3 heteroatoms. The van der Waals surface area contributed by atoms with Crippen LogP contribution in [0, 0.1) is 0 Å². The van der Waals surface area contributed by atoms with Crippen molar-refractivity contribution in [2.75, 3.05) is 9.80 Å². The summed E-state index contributed by atoms with van der Waals surface area (Å²) in [7, 11) is 0. The van der Waals surface area contributed by atoms with Gasteiger partial charge in [0.15, 0.2) is 0 Å². The standard InChI is InChI=1S/C86H56N2S/c1-2-18-65-52-69(38-34-57(65)14-1)68-22-11-25-75(55-68)88(76-49-51-80-70(56-76)39-37-61-16-4-7-27-78(61)80)74-24-10-21-67(54-74)66-20-9-23-73(53-66)87(71-45-40-59(41-46-71)58-32-35-63(36-33-58)79-29-12-19-60-15-3-6-26-77(60)79)72-47-42-64(43-48-72)81-30-13-31-84-85(81)83-50-44-62-17-5-8-28-82(62)86(83)89-84/h1-56H. The Morgan fingerprint density at radius 1 is 0.191 bits per heavy atom. The van der Waals surface area contributed by atoms with Crippen LogP contribution in [0.25, 0.3) is 130 Å². The van der Waals surface area contributed by atoms with Crippen LogP contribution in [0.15, 0.2) is 340 Å². The van der Waals surface area contributed by atoms with Crippen molar-refractivity contribution in [1.82, 2.24) is 0 Å². The molecule has 16 aromatic carbocycles. The lowest BCUT2D eigenvalue weighted by atomic mass is 9.96. The monoisotopic (exact) mass is 1150 g/mol. The van der Waals surface area contributed by atoms with Crippen LogP contribution in [0.2, 0.25) is 0 Å². The summed E-state index contributed by atoms with van der Waals surface area (Å²) in [5.74, 6) is 0. The largest absolute Gasteiger partial charge is 0.310 e. The molecule has 0 atom stereocenters. The molecule has 0 saturated heterocycles. The van der Waals surface area contributed by atoms with E-state index in [0.29, 0.717) is 0 Å². The van der Waals surface area contributed by atoms with Crippen molar-refractivity contribution in [3.8, 4) is 55.6 Å². The first kappa shape index (κ1) is 52.0. The highest BCUT2D eigenvalue weighted by Gasteiger charge is 2.20. The van der Waals surface area contributed by atoms with Gasteiger partial charge in [0.25, 0.3) is 0 Å². The van der Waals surface area contributed by atoms with Crippen LogP contribution in [-0.2, 0) is 0 Å². The number of thiophene rings is 1. The maximum atomic E-state index is 2.42. The Labute approximate surface area is 521 Å². The second-order valence-electron chi connectivity index (χ2n) is 23.2. The summed E-state index contributed by atoms with van der Waals surface area (Å²) < 4.78 is 2.64. The quantitative estimate of drug-likeness (QED) is 0.119. The molecular formula is C86H56N2S. The fourth-order valence-corrected chi connectivity index (χ4v) is 14.8. The van der Waals surface area contributed by atoms with Gasteiger partial charge in [-0.3, -0.25) is 0 Å². The Kier molecular flexibility index (Phi) is 12.8. The van der Waals surface area contributed by atoms with E-state index in [9.17, 15) is 0 Å². The predicted molar refractivity (Wildman–Crippen MR) is 383 cm³/mol. The third-order valence-corrected chi connectivity index (χ3v) is 19.2. The molecule has 0 saturated carbocycles. The van der Waals surface area contributed by atoms with E-state index in [2.05, 4.69) is 350 Å². The van der Waals surface area contributed by atoms with Crippen LogP contribution in [0.4, 0.5) is 34.1 Å². The average Bonchev–Trinajstić information content (AvgIpc) is 2.14. The van der Waals surface area contributed by atoms with E-state index in [1.807, 2.05) is 11.3 Å². The smallest absolute Gasteiger partial charge is 0.0468 e. The van der Waals surface area contributed by atoms with Gasteiger partial charge in [0.1, 0.15) is 0 Å². The minimum atomic E-state index is 1.06. The Hall–Kier alpha value is -11.4. The van der Waals surface area contributed by atoms with E-state index in [4.69, 9.17) is 0 Å². The maximum absolute atomic E-state index is 2.42. The highest BCUT2D eigenvalue weighted by atomic mass is 32.1. The first-order chi connectivity index (χ1) is 44.1. The van der Waals surface area contributed by atoms with Gasteiger partial charge in [-0.1, -0.05) is 255 Å². The second-order valence-corrected chi connectivity index (χ2v) is 24.3. The van der Waals surface area contributed by atoms with Crippen LogP contribution in [0.5, 0.6) is 0 Å². The van der Waals surface area contributed by atoms with Crippen LogP contribution >= 0.6 is 11.3 Å². The van der Waals surface area contributed by atoms with Crippen molar-refractivity contribution in [1.29, 1.82) is 0 Å². The Morgan fingerprint density at radius 3 is 1.26 bits per heavy atom. The third-order valence-electron chi connectivity index (χ3n) is 18.0. The maximum Gasteiger partial charge on any atom is 0.0468 e. The van der Waals surface area contributed by atoms with Crippen molar-refractivity contribution < 1.29 is 0 Å². The molecular weight excluding hydrogens is 1090 g/mol. The first-order valence-corrected chi connectivity index (χ1v) is 31.3. The van der Waals surface area contributed by atoms with Gasteiger partial charge in [0.05, 0.1) is 0 Å². The van der Waals surface area contributed by atoms with Crippen LogP contribution < -0.4 is 9.80 Å². The average molecular weight is 1150 g/mol. The van der Waals surface area contributed by atoms with E-state index >= 15 is 0 Å². The number of rotatable bonds is 11. The van der Waals surface area contributed by atoms with E-state index in [1.165, 1.54) is 107 Å². The van der Waals surface area contributed by atoms with Crippen molar-refractivity contribution in [3.63, 3.8) is 0 Å². The highest BCUT2D eigenvalue weighted by Crippen LogP contribution is 2.46. The molecule has 0 bridgehead atoms. The predicted octanol–water partition coefficient (Wildman–Crippen LogP) is 25.1. The number of anilines is 6. The Balaban J connectivity index is 0.763. The molecule has 0 aliphatic heterocycles. The number of nitrogens with zero attached hydrogens (tertiary/aromatic N) is 2. The summed E-state index contributed by atoms with van der Waals surface area (Å²) in [4.78, 5) is 4.82. The molecule has 416 valence electrons. The van der Waals surface area contributed by atoms with E-state index in [0.717, 1.165) is 56.4 Å². The molecule has 1 aromatic heterocycles. The molecule has 0 amide bonds. The molecule has 89 heavy (non-hydrogen) atoms. The third kappa shape index (κ3) is 9.44. The zero-order valence-corrected chi connectivity index (χ0v) is 49.5. The lowest BCUT2D eigenvalue weighted by Gasteiger charge is -2.28. The van der Waals surface area contributed by atoms with Gasteiger partial charge in [-0.15, -0.1) is 11.3 Å². The lowest BCUT2D eigenvalue weighted by Crippen LogP contribution is -2.10. The van der Waals surface area contributed by atoms with Crippen LogP contribution in [-0.4, -0.2) is 0 Å². The zero-order chi connectivity index (χ0) is 58.8. The van der Waals surface area contributed by atoms with Crippen molar-refractivity contribution in [2.24, 2.45) is 0 Å². The summed E-state index contributed by atoms with van der Waals surface area (Å²) in [6.07, 6.45) is 0. The summed E-state index contributed by atoms with van der Waals surface area (Å²) in [6.45, 7) is 0. The highest BCUT2D eigenvalue weighted by molar-refractivity contribution is 7.26. The summed E-state index contributed by atoms with van der Waals surface area (Å²) in [5.41, 5.74) is 18.2. The van der Waals surface area contributed by atoms with Gasteiger partial charge < -0.3 is 9.80 Å². The topological polar surface area (TPSA) is 6.48 Å². The second kappa shape index (κ2) is 21.9. The zero-order valence-electron chi connectivity index (χ0n) is 48.6. The minimum Gasteiger partial charge on any atom is -0.310 e. The van der Waals surface area contributed by atoms with Crippen molar-refractivity contribution in [3.05, 3.63) is 340 Å². The van der Waals surface area contributed by atoms with Gasteiger partial charge in [-0.25, -0.2) is 0 Å². The van der Waals surface area contributed by atoms with Crippen molar-refractivity contribution in [2.45, 2.75) is 0 Å². The van der Waals surface area contributed by atoms with Gasteiger partial charge in [-0.2, -0.15) is 0 Å². The fourth-order valence-electron chi connectivity index (χ4n) is 13.6. The molecule has 0 aliphatic carbocycles. The molecule has 17 aromatic rings. The van der Waals surface area contributed by atoms with Gasteiger partial charge in [0, 0.05) is 54.3 Å². The molecule has 0 spiro atoms. The Morgan fingerprint density at radius 2 is 0.584 bits per heavy atom.